The summed E-state index contributed by atoms with van der Waals surface area (Å²) in [4.78, 5) is 62.6. The van der Waals surface area contributed by atoms with Gasteiger partial charge >= 0.3 is 18.0 Å². The molecule has 3 unspecified atom stereocenters. The second-order valence-electron chi connectivity index (χ2n) is 8.12. The van der Waals surface area contributed by atoms with Crippen LogP contribution in [0.1, 0.15) is 29.3 Å². The highest BCUT2D eigenvalue weighted by Gasteiger charge is 2.44. The first kappa shape index (κ1) is 31.8. The van der Waals surface area contributed by atoms with Crippen molar-refractivity contribution in [1.29, 1.82) is 5.26 Å². The number of aliphatic hydroxyl groups is 2. The molecule has 2 aromatic heterocycles. The van der Waals surface area contributed by atoms with Gasteiger partial charge < -0.3 is 35.0 Å². The van der Waals surface area contributed by atoms with E-state index in [4.69, 9.17) is 42.0 Å². The molecule has 0 aromatic carbocycles. The molecular weight excluding hydrogens is 554 g/mol. The van der Waals surface area contributed by atoms with E-state index in [0.717, 1.165) is 13.1 Å². The Labute approximate surface area is 232 Å². The van der Waals surface area contributed by atoms with Crippen molar-refractivity contribution >= 4 is 41.4 Å². The molecule has 1 saturated heterocycles. The van der Waals surface area contributed by atoms with Gasteiger partial charge in [-0.15, -0.1) is 0 Å². The van der Waals surface area contributed by atoms with E-state index < -0.39 is 42.4 Å². The van der Waals surface area contributed by atoms with Gasteiger partial charge in [-0.3, -0.25) is 9.78 Å². The van der Waals surface area contributed by atoms with Crippen molar-refractivity contribution in [2.24, 2.45) is 0 Å². The SMILES string of the molecule is CC#N.CN1CCN(C(=O)OC2c3nccnc3C(=O)N2c2ccc(Cl)cn2)CC1.O=C(O)C(O)C(O)C(=O)O. The number of aliphatic hydroxyl groups excluding tert-OH is 2. The largest absolute Gasteiger partial charge is 0.479 e. The third-order valence-electron chi connectivity index (χ3n) is 5.35. The molecule has 2 aliphatic rings. The lowest BCUT2D eigenvalue weighted by atomic mass is 10.2. The lowest BCUT2D eigenvalue weighted by Gasteiger charge is -2.33. The van der Waals surface area contributed by atoms with Gasteiger partial charge in [-0.05, 0) is 19.2 Å². The third-order valence-corrected chi connectivity index (χ3v) is 5.58. The first-order chi connectivity index (χ1) is 18.9. The van der Waals surface area contributed by atoms with Crippen molar-refractivity contribution in [2.45, 2.75) is 25.4 Å². The van der Waals surface area contributed by atoms with Crippen LogP contribution in [0.4, 0.5) is 10.6 Å². The van der Waals surface area contributed by atoms with Gasteiger partial charge in [0.2, 0.25) is 6.23 Å². The van der Waals surface area contributed by atoms with Crippen LogP contribution in [0.3, 0.4) is 0 Å². The molecule has 0 radical (unpaired) electrons. The van der Waals surface area contributed by atoms with Crippen molar-refractivity contribution < 1.29 is 44.3 Å². The summed E-state index contributed by atoms with van der Waals surface area (Å²) in [7, 11) is 2.00. The van der Waals surface area contributed by atoms with Crippen LogP contribution in [-0.4, -0.2) is 115 Å². The van der Waals surface area contributed by atoms with Crippen LogP contribution in [-0.2, 0) is 14.3 Å². The Morgan fingerprint density at radius 1 is 1.05 bits per heavy atom. The molecule has 0 spiro atoms. The molecule has 0 aliphatic carbocycles. The number of nitrogens with zero attached hydrogens (tertiary/aromatic N) is 7. The molecular formula is C23H26ClN7O9. The number of aromatic nitrogens is 3. The Morgan fingerprint density at radius 2 is 1.60 bits per heavy atom. The number of carbonyl (C=O) groups excluding carboxylic acids is 2. The predicted molar refractivity (Wildman–Crippen MR) is 135 cm³/mol. The van der Waals surface area contributed by atoms with Crippen molar-refractivity contribution in [2.75, 3.05) is 38.1 Å². The van der Waals surface area contributed by atoms with Crippen molar-refractivity contribution in [1.82, 2.24) is 24.8 Å². The molecule has 0 bridgehead atoms. The topological polar surface area (TPSA) is 231 Å². The lowest BCUT2D eigenvalue weighted by molar-refractivity contribution is -0.165. The number of ether oxygens (including phenoxy) is 1. The van der Waals surface area contributed by atoms with Crippen LogP contribution in [0.25, 0.3) is 0 Å². The van der Waals surface area contributed by atoms with Crippen LogP contribution in [0.15, 0.2) is 30.7 Å². The molecule has 2 aliphatic heterocycles. The van der Waals surface area contributed by atoms with Gasteiger partial charge in [0.15, 0.2) is 17.9 Å². The summed E-state index contributed by atoms with van der Waals surface area (Å²) in [5.74, 6) is -3.66. The summed E-state index contributed by atoms with van der Waals surface area (Å²) in [6.07, 6.45) is -1.75. The van der Waals surface area contributed by atoms with E-state index in [-0.39, 0.29) is 5.69 Å². The number of hydrogen-bond acceptors (Lipinski definition) is 12. The number of aliphatic carboxylic acids is 2. The first-order valence-electron chi connectivity index (χ1n) is 11.5. The Balaban J connectivity index is 0.000000364. The lowest BCUT2D eigenvalue weighted by Crippen LogP contribution is -2.48. The average molecular weight is 580 g/mol. The second-order valence-corrected chi connectivity index (χ2v) is 8.55. The van der Waals surface area contributed by atoms with E-state index in [2.05, 4.69) is 19.9 Å². The fraction of sp³-hybridized carbons (Fsp3) is 0.391. The summed E-state index contributed by atoms with van der Waals surface area (Å²) < 4.78 is 5.68. The molecule has 17 heteroatoms. The molecule has 40 heavy (non-hydrogen) atoms. The highest BCUT2D eigenvalue weighted by molar-refractivity contribution is 6.30. The zero-order valence-electron chi connectivity index (χ0n) is 21.3. The maximum atomic E-state index is 12.8. The van der Waals surface area contributed by atoms with E-state index in [1.807, 2.05) is 7.05 Å². The van der Waals surface area contributed by atoms with Gasteiger partial charge in [-0.2, -0.15) is 5.26 Å². The van der Waals surface area contributed by atoms with Gasteiger partial charge in [0.25, 0.3) is 5.91 Å². The smallest absolute Gasteiger partial charge is 0.412 e. The number of hydrogen-bond donors (Lipinski definition) is 4. The average Bonchev–Trinajstić information content (AvgIpc) is 3.20. The molecule has 214 valence electrons. The normalized spacial score (nSPS) is 17.6. The predicted octanol–water partition coefficient (Wildman–Crippen LogP) is -0.0247. The number of amides is 2. The van der Waals surface area contributed by atoms with Crippen molar-refractivity contribution in [3.63, 3.8) is 0 Å². The van der Waals surface area contributed by atoms with Gasteiger partial charge in [0, 0.05) is 51.7 Å². The van der Waals surface area contributed by atoms with Crippen LogP contribution in [0.2, 0.25) is 5.02 Å². The van der Waals surface area contributed by atoms with Crippen LogP contribution >= 0.6 is 11.6 Å². The number of carbonyl (C=O) groups is 4. The Morgan fingerprint density at radius 3 is 2.10 bits per heavy atom. The number of fused-ring (bicyclic) bond motifs is 1. The van der Waals surface area contributed by atoms with Gasteiger partial charge in [-0.25, -0.2) is 29.3 Å². The molecule has 3 atom stereocenters. The molecule has 2 amide bonds. The van der Waals surface area contributed by atoms with E-state index in [0.29, 0.717) is 29.6 Å². The molecule has 0 saturated carbocycles. The summed E-state index contributed by atoms with van der Waals surface area (Å²) in [6, 6.07) is 4.95. The fourth-order valence-electron chi connectivity index (χ4n) is 3.31. The summed E-state index contributed by atoms with van der Waals surface area (Å²) in [5.41, 5.74) is 0.437. The standard InChI is InChI=1S/C17H17ClN6O3.C4H6O6.C2H3N/c1-22-6-8-23(9-7-22)17(26)27-16-14-13(19-4-5-20-14)15(25)24(16)12-3-2-11(18)10-21-12;5-1(3(7)8)2(6)4(9)10;1-2-3/h2-5,10,16H,6-9H2,1H3;1-2,5-6H,(H,7,8)(H,9,10);1H3. The Bertz CT molecular complexity index is 1230. The summed E-state index contributed by atoms with van der Waals surface area (Å²) in [5, 5.41) is 40.3. The maximum Gasteiger partial charge on any atom is 0.412 e. The zero-order valence-corrected chi connectivity index (χ0v) is 22.0. The number of halogens is 1. The highest BCUT2D eigenvalue weighted by Crippen LogP contribution is 2.35. The molecule has 2 aromatic rings. The molecule has 16 nitrogen and oxygen atoms in total. The van der Waals surface area contributed by atoms with Crippen LogP contribution in [0.5, 0.6) is 0 Å². The Hall–Kier alpha value is -4.43. The van der Waals surface area contributed by atoms with E-state index in [1.54, 1.807) is 23.1 Å². The summed E-state index contributed by atoms with van der Waals surface area (Å²) >= 11 is 5.89. The van der Waals surface area contributed by atoms with Crippen LogP contribution < -0.4 is 4.90 Å². The fourth-order valence-corrected chi connectivity index (χ4v) is 3.42. The van der Waals surface area contributed by atoms with Gasteiger partial charge in [-0.1, -0.05) is 11.6 Å². The van der Waals surface area contributed by atoms with E-state index in [9.17, 15) is 19.2 Å². The van der Waals surface area contributed by atoms with E-state index in [1.165, 1.54) is 30.4 Å². The molecule has 4 heterocycles. The van der Waals surface area contributed by atoms with Gasteiger partial charge in [0.05, 0.1) is 11.1 Å². The van der Waals surface area contributed by atoms with E-state index >= 15 is 0 Å². The number of rotatable bonds is 5. The first-order valence-corrected chi connectivity index (χ1v) is 11.8. The molecule has 4 N–H and O–H groups in total. The van der Waals surface area contributed by atoms with Gasteiger partial charge in [0.1, 0.15) is 11.5 Å². The summed E-state index contributed by atoms with van der Waals surface area (Å²) in [6.45, 7) is 4.07. The van der Waals surface area contributed by atoms with Crippen molar-refractivity contribution in [3.8, 4) is 6.07 Å². The third kappa shape index (κ3) is 8.04. The van der Waals surface area contributed by atoms with Crippen LogP contribution in [0, 0.1) is 11.3 Å². The Kier molecular flexibility index (Phi) is 11.6. The number of likely N-dealkylation sites (N-methyl/N-ethyl adjacent to an activating group) is 1. The second kappa shape index (κ2) is 14.6. The number of carboxylic acids is 2. The minimum atomic E-state index is -2.27. The number of nitriles is 1. The number of carboxylic acid groups (broad SMARTS) is 2. The number of pyridine rings is 1. The zero-order chi connectivity index (χ0) is 30.0. The monoisotopic (exact) mass is 579 g/mol. The molecule has 1 fully saturated rings. The van der Waals surface area contributed by atoms with Crippen molar-refractivity contribution in [3.05, 3.63) is 47.1 Å². The minimum Gasteiger partial charge on any atom is -0.479 e. The highest BCUT2D eigenvalue weighted by atomic mass is 35.5. The minimum absolute atomic E-state index is 0.144. The molecule has 4 rings (SSSR count). The quantitative estimate of drug-likeness (QED) is 0.364. The number of piperazine rings is 1. The maximum absolute atomic E-state index is 12.8. The number of anilines is 1.